The molecule has 0 aliphatic rings. The molecule has 0 bridgehead atoms. The molecular formula is C13H20N6. The third-order valence-corrected chi connectivity index (χ3v) is 2.80. The highest BCUT2D eigenvalue weighted by molar-refractivity contribution is 5.42. The number of anilines is 2. The van der Waals surface area contributed by atoms with Crippen LogP contribution in [0.15, 0.2) is 18.3 Å². The van der Waals surface area contributed by atoms with Crippen LogP contribution in [0.2, 0.25) is 0 Å². The van der Waals surface area contributed by atoms with E-state index < -0.39 is 0 Å². The van der Waals surface area contributed by atoms with E-state index in [1.807, 2.05) is 43.9 Å². The molecule has 6 heteroatoms. The molecule has 2 heterocycles. The third kappa shape index (κ3) is 3.67. The standard InChI is InChI=1S/C13H20N6/c1-4-14-13-17-10(2)9-12(18-13)15-7-5-11-6-8-16-19(11)3/h6,8-9H,4-5,7H2,1-3H3,(H2,14,15,17,18). The van der Waals surface area contributed by atoms with Crippen molar-refractivity contribution in [2.24, 2.45) is 7.05 Å². The van der Waals surface area contributed by atoms with Gasteiger partial charge in [0.15, 0.2) is 0 Å². The molecule has 0 saturated heterocycles. The van der Waals surface area contributed by atoms with Crippen LogP contribution in [0.4, 0.5) is 11.8 Å². The quantitative estimate of drug-likeness (QED) is 0.826. The summed E-state index contributed by atoms with van der Waals surface area (Å²) in [6, 6.07) is 3.97. The van der Waals surface area contributed by atoms with Crippen molar-refractivity contribution in [2.45, 2.75) is 20.3 Å². The minimum Gasteiger partial charge on any atom is -0.370 e. The van der Waals surface area contributed by atoms with Gasteiger partial charge in [0.25, 0.3) is 0 Å². The number of aromatic nitrogens is 4. The molecule has 0 atom stereocenters. The van der Waals surface area contributed by atoms with E-state index in [1.54, 1.807) is 0 Å². The normalized spacial score (nSPS) is 10.5. The minimum atomic E-state index is 0.672. The largest absolute Gasteiger partial charge is 0.370 e. The Morgan fingerprint density at radius 1 is 1.26 bits per heavy atom. The number of aryl methyl sites for hydroxylation is 2. The van der Waals surface area contributed by atoms with Crippen molar-refractivity contribution < 1.29 is 0 Å². The maximum Gasteiger partial charge on any atom is 0.224 e. The first-order valence-electron chi connectivity index (χ1n) is 6.49. The van der Waals surface area contributed by atoms with E-state index >= 15 is 0 Å². The summed E-state index contributed by atoms with van der Waals surface area (Å²) in [6.45, 7) is 5.63. The van der Waals surface area contributed by atoms with Crippen molar-refractivity contribution in [3.8, 4) is 0 Å². The van der Waals surface area contributed by atoms with E-state index in [4.69, 9.17) is 0 Å². The lowest BCUT2D eigenvalue weighted by Gasteiger charge is -2.09. The highest BCUT2D eigenvalue weighted by Crippen LogP contribution is 2.09. The van der Waals surface area contributed by atoms with E-state index in [2.05, 4.69) is 25.7 Å². The molecule has 0 amide bonds. The van der Waals surface area contributed by atoms with Crippen LogP contribution in [0.5, 0.6) is 0 Å². The van der Waals surface area contributed by atoms with Gasteiger partial charge in [-0.25, -0.2) is 4.98 Å². The number of rotatable bonds is 6. The summed E-state index contributed by atoms with van der Waals surface area (Å²) in [4.78, 5) is 8.73. The second-order valence-corrected chi connectivity index (χ2v) is 4.37. The second-order valence-electron chi connectivity index (χ2n) is 4.37. The average molecular weight is 260 g/mol. The van der Waals surface area contributed by atoms with Crippen LogP contribution in [0.1, 0.15) is 18.3 Å². The minimum absolute atomic E-state index is 0.672. The van der Waals surface area contributed by atoms with Crippen LogP contribution in [0.25, 0.3) is 0 Å². The average Bonchev–Trinajstić information content (AvgIpc) is 2.75. The number of nitrogens with one attached hydrogen (secondary N) is 2. The lowest BCUT2D eigenvalue weighted by molar-refractivity contribution is 0.711. The van der Waals surface area contributed by atoms with Crippen molar-refractivity contribution in [1.29, 1.82) is 0 Å². The van der Waals surface area contributed by atoms with Crippen LogP contribution in [-0.2, 0) is 13.5 Å². The van der Waals surface area contributed by atoms with Gasteiger partial charge in [-0.1, -0.05) is 0 Å². The lowest BCUT2D eigenvalue weighted by atomic mass is 10.3. The molecule has 102 valence electrons. The number of hydrogen-bond donors (Lipinski definition) is 2. The summed E-state index contributed by atoms with van der Waals surface area (Å²) in [5.41, 5.74) is 2.15. The van der Waals surface area contributed by atoms with Gasteiger partial charge in [0.2, 0.25) is 5.95 Å². The van der Waals surface area contributed by atoms with Crippen LogP contribution in [-0.4, -0.2) is 32.8 Å². The third-order valence-electron chi connectivity index (χ3n) is 2.80. The first-order valence-corrected chi connectivity index (χ1v) is 6.49. The Morgan fingerprint density at radius 2 is 2.11 bits per heavy atom. The van der Waals surface area contributed by atoms with Gasteiger partial charge in [-0.15, -0.1) is 0 Å². The SMILES string of the molecule is CCNc1nc(C)cc(NCCc2ccnn2C)n1. The molecule has 19 heavy (non-hydrogen) atoms. The van der Waals surface area contributed by atoms with E-state index in [0.29, 0.717) is 5.95 Å². The Morgan fingerprint density at radius 3 is 2.79 bits per heavy atom. The number of nitrogens with zero attached hydrogens (tertiary/aromatic N) is 4. The fourth-order valence-electron chi connectivity index (χ4n) is 1.86. The Kier molecular flexibility index (Phi) is 4.33. The van der Waals surface area contributed by atoms with Gasteiger partial charge >= 0.3 is 0 Å². The van der Waals surface area contributed by atoms with Crippen LogP contribution < -0.4 is 10.6 Å². The highest BCUT2D eigenvalue weighted by atomic mass is 15.3. The molecule has 2 N–H and O–H groups in total. The van der Waals surface area contributed by atoms with Gasteiger partial charge in [0.1, 0.15) is 5.82 Å². The zero-order valence-corrected chi connectivity index (χ0v) is 11.6. The lowest BCUT2D eigenvalue weighted by Crippen LogP contribution is -2.11. The van der Waals surface area contributed by atoms with E-state index in [-0.39, 0.29) is 0 Å². The molecular weight excluding hydrogens is 240 g/mol. The van der Waals surface area contributed by atoms with Gasteiger partial charge in [-0.05, 0) is 19.9 Å². The molecule has 2 aromatic rings. The van der Waals surface area contributed by atoms with Crippen molar-refractivity contribution >= 4 is 11.8 Å². The Bertz CT molecular complexity index is 534. The monoisotopic (exact) mass is 260 g/mol. The first kappa shape index (κ1) is 13.3. The summed E-state index contributed by atoms with van der Waals surface area (Å²) in [5.74, 6) is 1.52. The number of hydrogen-bond acceptors (Lipinski definition) is 5. The highest BCUT2D eigenvalue weighted by Gasteiger charge is 2.02. The summed E-state index contributed by atoms with van der Waals surface area (Å²) < 4.78 is 1.89. The van der Waals surface area contributed by atoms with Crippen LogP contribution in [0, 0.1) is 6.92 Å². The summed E-state index contributed by atoms with van der Waals surface area (Å²) >= 11 is 0. The van der Waals surface area contributed by atoms with Crippen LogP contribution in [0.3, 0.4) is 0 Å². The first-order chi connectivity index (χ1) is 9.19. The molecule has 0 aromatic carbocycles. The van der Waals surface area contributed by atoms with Crippen LogP contribution >= 0.6 is 0 Å². The second kappa shape index (κ2) is 6.17. The Labute approximate surface area is 113 Å². The summed E-state index contributed by atoms with van der Waals surface area (Å²) in [5, 5.41) is 10.6. The van der Waals surface area contributed by atoms with Gasteiger partial charge < -0.3 is 10.6 Å². The van der Waals surface area contributed by atoms with E-state index in [1.165, 1.54) is 5.69 Å². The smallest absolute Gasteiger partial charge is 0.224 e. The van der Waals surface area contributed by atoms with E-state index in [0.717, 1.165) is 31.0 Å². The predicted molar refractivity (Wildman–Crippen MR) is 76.3 cm³/mol. The molecule has 0 aliphatic carbocycles. The molecule has 6 nitrogen and oxygen atoms in total. The van der Waals surface area contributed by atoms with Gasteiger partial charge in [-0.2, -0.15) is 10.1 Å². The van der Waals surface area contributed by atoms with Crippen molar-refractivity contribution in [3.05, 3.63) is 29.7 Å². The van der Waals surface area contributed by atoms with Gasteiger partial charge in [-0.3, -0.25) is 4.68 Å². The van der Waals surface area contributed by atoms with Crippen molar-refractivity contribution in [1.82, 2.24) is 19.7 Å². The Balaban J connectivity index is 1.94. The fourth-order valence-corrected chi connectivity index (χ4v) is 1.86. The van der Waals surface area contributed by atoms with Crippen molar-refractivity contribution in [3.63, 3.8) is 0 Å². The molecule has 0 fully saturated rings. The van der Waals surface area contributed by atoms with Gasteiger partial charge in [0.05, 0.1) is 0 Å². The summed E-state index contributed by atoms with van der Waals surface area (Å²) in [7, 11) is 1.95. The zero-order chi connectivity index (χ0) is 13.7. The van der Waals surface area contributed by atoms with Crippen molar-refractivity contribution in [2.75, 3.05) is 23.7 Å². The molecule has 0 saturated carbocycles. The summed E-state index contributed by atoms with van der Waals surface area (Å²) in [6.07, 6.45) is 2.73. The maximum absolute atomic E-state index is 4.41. The molecule has 0 radical (unpaired) electrons. The molecule has 2 aromatic heterocycles. The zero-order valence-electron chi connectivity index (χ0n) is 11.6. The van der Waals surface area contributed by atoms with Gasteiger partial charge in [0, 0.05) is 50.2 Å². The fraction of sp³-hybridized carbons (Fsp3) is 0.462. The predicted octanol–water partition coefficient (Wildman–Crippen LogP) is 1.60. The molecule has 2 rings (SSSR count). The maximum atomic E-state index is 4.41. The molecule has 0 aliphatic heterocycles. The molecule has 0 unspecified atom stereocenters. The van der Waals surface area contributed by atoms with E-state index in [9.17, 15) is 0 Å². The Hall–Kier alpha value is -2.11. The molecule has 0 spiro atoms. The topological polar surface area (TPSA) is 67.7 Å².